The van der Waals surface area contributed by atoms with Crippen LogP contribution in [0.1, 0.15) is 24.0 Å². The fourth-order valence-corrected chi connectivity index (χ4v) is 5.50. The molecule has 1 aliphatic heterocycles. The number of benzene rings is 3. The second-order valence-corrected chi connectivity index (χ2v) is 10.6. The zero-order valence-corrected chi connectivity index (χ0v) is 22.0. The number of para-hydroxylation sites is 1. The molecule has 6 rings (SSSR count). The van der Waals surface area contributed by atoms with Gasteiger partial charge in [-0.25, -0.2) is 0 Å². The van der Waals surface area contributed by atoms with E-state index in [4.69, 9.17) is 11.6 Å². The normalized spacial score (nSPS) is 15.0. The summed E-state index contributed by atoms with van der Waals surface area (Å²) in [5.41, 5.74) is 4.84. The number of hydrogen-bond acceptors (Lipinski definition) is 4. The first-order chi connectivity index (χ1) is 18.9. The number of rotatable bonds is 5. The highest BCUT2D eigenvalue weighted by atomic mass is 35.5. The Hall–Kier alpha value is -4.13. The second-order valence-electron chi connectivity index (χ2n) is 10.1. The van der Waals surface area contributed by atoms with Crippen molar-refractivity contribution in [2.24, 2.45) is 0 Å². The monoisotopic (exact) mass is 537 g/mol. The van der Waals surface area contributed by atoms with Crippen LogP contribution in [-0.2, 0) is 16.8 Å². The molecule has 0 radical (unpaired) electrons. The maximum absolute atomic E-state index is 13.0. The fourth-order valence-electron chi connectivity index (χ4n) is 5.37. The average molecular weight is 538 g/mol. The molecule has 3 aromatic carbocycles. The molecule has 0 spiro atoms. The van der Waals surface area contributed by atoms with Gasteiger partial charge in [0.15, 0.2) is 0 Å². The number of H-pyrrole nitrogens is 1. The minimum atomic E-state index is -0.941. The molecule has 39 heavy (non-hydrogen) atoms. The molecule has 1 amide bonds. The third kappa shape index (κ3) is 5.01. The third-order valence-corrected chi connectivity index (χ3v) is 7.95. The maximum atomic E-state index is 13.0. The van der Waals surface area contributed by atoms with Gasteiger partial charge >= 0.3 is 0 Å². The Morgan fingerprint density at radius 3 is 2.41 bits per heavy atom. The predicted molar refractivity (Wildman–Crippen MR) is 153 cm³/mol. The maximum Gasteiger partial charge on any atom is 0.226 e. The molecule has 1 saturated heterocycles. The summed E-state index contributed by atoms with van der Waals surface area (Å²) in [5.74, 6) is 0.237. The molecular weight excluding hydrogens is 510 g/mol. The molecule has 1 aliphatic rings. The van der Waals surface area contributed by atoms with Crippen molar-refractivity contribution < 1.29 is 15.0 Å². The highest BCUT2D eigenvalue weighted by Gasteiger charge is 2.35. The first kappa shape index (κ1) is 25.2. The van der Waals surface area contributed by atoms with Gasteiger partial charge < -0.3 is 20.1 Å². The quantitative estimate of drug-likeness (QED) is 0.245. The van der Waals surface area contributed by atoms with Gasteiger partial charge in [-0.2, -0.15) is 0 Å². The molecule has 6 nitrogen and oxygen atoms in total. The van der Waals surface area contributed by atoms with Gasteiger partial charge in [-0.1, -0.05) is 60.1 Å². The Bertz CT molecular complexity index is 1600. The van der Waals surface area contributed by atoms with Crippen molar-refractivity contribution in [1.82, 2.24) is 14.9 Å². The number of nitrogens with zero attached hydrogens (tertiary/aromatic N) is 2. The number of aromatic nitrogens is 2. The number of hydrogen-bond donors (Lipinski definition) is 3. The molecule has 7 heteroatoms. The number of phenols is 1. The first-order valence-corrected chi connectivity index (χ1v) is 13.4. The van der Waals surface area contributed by atoms with E-state index >= 15 is 0 Å². The van der Waals surface area contributed by atoms with Gasteiger partial charge in [0.2, 0.25) is 5.91 Å². The number of likely N-dealkylation sites (tertiary alicyclic amines) is 1. The molecule has 0 atom stereocenters. The number of carbonyl (C=O) groups excluding carboxylic acids is 1. The number of halogens is 1. The molecule has 2 aromatic heterocycles. The Balaban J connectivity index is 1.13. The number of aliphatic hydroxyl groups is 1. The van der Waals surface area contributed by atoms with Gasteiger partial charge in [0.1, 0.15) is 5.75 Å². The van der Waals surface area contributed by atoms with Crippen LogP contribution in [0, 0.1) is 0 Å². The van der Waals surface area contributed by atoms with E-state index in [1.54, 1.807) is 24.5 Å². The molecule has 0 saturated carbocycles. The van der Waals surface area contributed by atoms with Gasteiger partial charge in [0.25, 0.3) is 0 Å². The second kappa shape index (κ2) is 10.2. The average Bonchev–Trinajstić information content (AvgIpc) is 3.38. The number of carbonyl (C=O) groups is 1. The lowest BCUT2D eigenvalue weighted by Crippen LogP contribution is -2.45. The molecule has 0 aliphatic carbocycles. The fraction of sp³-hybridized carbons (Fsp3) is 0.188. The van der Waals surface area contributed by atoms with E-state index in [2.05, 4.69) is 9.97 Å². The van der Waals surface area contributed by atoms with E-state index in [0.717, 1.165) is 38.9 Å². The Morgan fingerprint density at radius 2 is 1.69 bits per heavy atom. The minimum absolute atomic E-state index is 0.0408. The van der Waals surface area contributed by atoms with Gasteiger partial charge in [0.05, 0.1) is 29.4 Å². The van der Waals surface area contributed by atoms with Crippen LogP contribution in [0.25, 0.3) is 33.3 Å². The van der Waals surface area contributed by atoms with Crippen molar-refractivity contribution in [3.05, 3.63) is 107 Å². The standard InChI is InChI=1S/C32H28ClN3O3/c33-25-10-8-24(9-11-25)32(39)13-16-36(17-14-32)30(37)18-21-4-6-22(7-5-21)26-2-1-3-27(31(26)38)28-19-23-12-15-34-20-29(23)35-28/h1-12,15,19-20,35,38-39H,13-14,16-18H2. The Labute approximate surface area is 231 Å². The number of phenolic OH excluding ortho intramolecular Hbond substituents is 1. The summed E-state index contributed by atoms with van der Waals surface area (Å²) >= 11 is 5.99. The summed E-state index contributed by atoms with van der Waals surface area (Å²) in [4.78, 5) is 22.3. The van der Waals surface area contributed by atoms with Crippen molar-refractivity contribution in [3.8, 4) is 28.1 Å². The molecular formula is C32H28ClN3O3. The highest BCUT2D eigenvalue weighted by molar-refractivity contribution is 6.30. The SMILES string of the molecule is O=C(Cc1ccc(-c2cccc(-c3cc4ccncc4[nH]3)c2O)cc1)N1CCC(O)(c2ccc(Cl)cc2)CC1. The molecule has 3 N–H and O–H groups in total. The highest BCUT2D eigenvalue weighted by Crippen LogP contribution is 2.39. The van der Waals surface area contributed by atoms with Gasteiger partial charge in [-0.3, -0.25) is 9.78 Å². The smallest absolute Gasteiger partial charge is 0.226 e. The van der Waals surface area contributed by atoms with E-state index in [1.165, 1.54) is 0 Å². The van der Waals surface area contributed by atoms with Gasteiger partial charge in [-0.05, 0) is 59.9 Å². The van der Waals surface area contributed by atoms with E-state index in [0.29, 0.717) is 36.5 Å². The lowest BCUT2D eigenvalue weighted by atomic mass is 9.84. The number of piperidine rings is 1. The summed E-state index contributed by atoms with van der Waals surface area (Å²) in [6.45, 7) is 1.00. The van der Waals surface area contributed by atoms with Crippen molar-refractivity contribution in [3.63, 3.8) is 0 Å². The lowest BCUT2D eigenvalue weighted by Gasteiger charge is -2.38. The summed E-state index contributed by atoms with van der Waals surface area (Å²) in [6, 6.07) is 24.6. The summed E-state index contributed by atoms with van der Waals surface area (Å²) in [6.07, 6.45) is 4.77. The van der Waals surface area contributed by atoms with Crippen LogP contribution in [0.3, 0.4) is 0 Å². The number of amides is 1. The number of pyridine rings is 1. The molecule has 1 fully saturated rings. The zero-order chi connectivity index (χ0) is 27.0. The van der Waals surface area contributed by atoms with Crippen LogP contribution in [0.5, 0.6) is 5.75 Å². The largest absolute Gasteiger partial charge is 0.507 e. The van der Waals surface area contributed by atoms with Crippen LogP contribution in [0.4, 0.5) is 0 Å². The van der Waals surface area contributed by atoms with E-state index in [-0.39, 0.29) is 18.1 Å². The predicted octanol–water partition coefficient (Wildman–Crippen LogP) is 6.31. The molecule has 5 aromatic rings. The van der Waals surface area contributed by atoms with Crippen molar-refractivity contribution in [2.75, 3.05) is 13.1 Å². The third-order valence-electron chi connectivity index (χ3n) is 7.70. The first-order valence-electron chi connectivity index (χ1n) is 13.0. The Kier molecular flexibility index (Phi) is 6.59. The summed E-state index contributed by atoms with van der Waals surface area (Å²) < 4.78 is 0. The van der Waals surface area contributed by atoms with E-state index in [9.17, 15) is 15.0 Å². The van der Waals surface area contributed by atoms with Crippen LogP contribution < -0.4 is 0 Å². The van der Waals surface area contributed by atoms with Crippen LogP contribution in [-0.4, -0.2) is 44.1 Å². The molecule has 0 unspecified atom stereocenters. The zero-order valence-electron chi connectivity index (χ0n) is 21.3. The van der Waals surface area contributed by atoms with Gasteiger partial charge in [0, 0.05) is 40.8 Å². The van der Waals surface area contributed by atoms with Crippen LogP contribution >= 0.6 is 11.6 Å². The summed E-state index contributed by atoms with van der Waals surface area (Å²) in [5, 5.41) is 23.9. The number of aromatic amines is 1. The molecule has 0 bridgehead atoms. The minimum Gasteiger partial charge on any atom is -0.507 e. The summed E-state index contributed by atoms with van der Waals surface area (Å²) in [7, 11) is 0. The van der Waals surface area contributed by atoms with Gasteiger partial charge in [-0.15, -0.1) is 0 Å². The van der Waals surface area contributed by atoms with Crippen molar-refractivity contribution >= 4 is 28.4 Å². The topological polar surface area (TPSA) is 89.5 Å². The van der Waals surface area contributed by atoms with E-state index < -0.39 is 5.60 Å². The van der Waals surface area contributed by atoms with E-state index in [1.807, 2.05) is 71.6 Å². The number of nitrogens with one attached hydrogen (secondary N) is 1. The van der Waals surface area contributed by atoms with Crippen LogP contribution in [0.15, 0.2) is 91.3 Å². The van der Waals surface area contributed by atoms with Crippen LogP contribution in [0.2, 0.25) is 5.02 Å². The molecule has 3 heterocycles. The van der Waals surface area contributed by atoms with Crippen molar-refractivity contribution in [1.29, 1.82) is 0 Å². The lowest BCUT2D eigenvalue weighted by molar-refractivity contribution is -0.135. The van der Waals surface area contributed by atoms with Crippen molar-refractivity contribution in [2.45, 2.75) is 24.9 Å². The molecule has 196 valence electrons. The Morgan fingerprint density at radius 1 is 0.974 bits per heavy atom. The number of fused-ring (bicyclic) bond motifs is 1. The number of aromatic hydroxyl groups is 1.